The molecule has 0 radical (unpaired) electrons. The Morgan fingerprint density at radius 1 is 1.11 bits per heavy atom. The van der Waals surface area contributed by atoms with Gasteiger partial charge < -0.3 is 25.1 Å². The molecule has 1 fully saturated rings. The summed E-state index contributed by atoms with van der Waals surface area (Å²) in [5.74, 6) is -0.664. The van der Waals surface area contributed by atoms with Crippen molar-refractivity contribution in [2.75, 3.05) is 31.7 Å². The van der Waals surface area contributed by atoms with Crippen LogP contribution in [0.5, 0.6) is 0 Å². The Morgan fingerprint density at radius 3 is 2.81 bits per heavy atom. The summed E-state index contributed by atoms with van der Waals surface area (Å²) in [6, 6.07) is 1.32. The van der Waals surface area contributed by atoms with Gasteiger partial charge in [0.15, 0.2) is 17.5 Å². The summed E-state index contributed by atoms with van der Waals surface area (Å²) in [4.78, 5) is 27.9. The first-order valence-electron chi connectivity index (χ1n) is 12.9. The number of nitrogens with one attached hydrogen (secondary N) is 3. The minimum Gasteiger partial charge on any atom is -0.379 e. The summed E-state index contributed by atoms with van der Waals surface area (Å²) in [7, 11) is 0. The summed E-state index contributed by atoms with van der Waals surface area (Å²) < 4.78 is 39.0. The number of pyridine rings is 1. The average molecular weight is 517 g/mol. The van der Waals surface area contributed by atoms with E-state index in [4.69, 9.17) is 9.47 Å². The zero-order valence-electron chi connectivity index (χ0n) is 21.1. The summed E-state index contributed by atoms with van der Waals surface area (Å²) in [5.41, 5.74) is 1.04. The lowest BCUT2D eigenvalue weighted by Gasteiger charge is -2.30. The molecule has 3 heterocycles. The number of unbranched alkanes of at least 4 members (excludes halogenated alkanes) is 1. The molecule has 0 spiro atoms. The lowest BCUT2D eigenvalue weighted by molar-refractivity contribution is -0.122. The van der Waals surface area contributed by atoms with Crippen LogP contribution in [0.25, 0.3) is 22.4 Å². The highest BCUT2D eigenvalue weighted by molar-refractivity contribution is 5.91. The first-order chi connectivity index (χ1) is 18.0. The Balaban J connectivity index is 1.27. The second-order valence-electron chi connectivity index (χ2n) is 9.18. The van der Waals surface area contributed by atoms with Gasteiger partial charge >= 0.3 is 0 Å². The van der Waals surface area contributed by atoms with Crippen LogP contribution in [-0.4, -0.2) is 64.4 Å². The van der Waals surface area contributed by atoms with Crippen molar-refractivity contribution in [1.29, 1.82) is 0 Å². The van der Waals surface area contributed by atoms with Crippen LogP contribution in [0.1, 0.15) is 51.9 Å². The number of hydrogen-bond donors (Lipinski definition) is 3. The number of hydrogen-bond acceptors (Lipinski definition) is 7. The number of amides is 1. The van der Waals surface area contributed by atoms with Crippen molar-refractivity contribution in [2.24, 2.45) is 0 Å². The summed E-state index contributed by atoms with van der Waals surface area (Å²) in [5, 5.41) is 6.83. The maximum atomic E-state index is 14.6. The fourth-order valence-electron chi connectivity index (χ4n) is 4.56. The van der Waals surface area contributed by atoms with Crippen LogP contribution in [0.2, 0.25) is 0 Å². The maximum absolute atomic E-state index is 14.6. The van der Waals surface area contributed by atoms with E-state index in [0.717, 1.165) is 44.5 Å². The van der Waals surface area contributed by atoms with Gasteiger partial charge in [-0.2, -0.15) is 0 Å². The minimum atomic E-state index is -0.567. The second kappa shape index (κ2) is 13.4. The Bertz CT molecular complexity index is 1170. The lowest BCUT2D eigenvalue weighted by Crippen LogP contribution is -2.42. The molecular formula is C26H34F2N6O3. The van der Waals surface area contributed by atoms with Crippen molar-refractivity contribution in [3.05, 3.63) is 36.3 Å². The number of H-pyrrole nitrogens is 1. The van der Waals surface area contributed by atoms with Crippen molar-refractivity contribution in [1.82, 2.24) is 25.3 Å². The van der Waals surface area contributed by atoms with Gasteiger partial charge in [-0.15, -0.1) is 0 Å². The molecule has 3 aromatic heterocycles. The number of aromatic amines is 1. The number of anilines is 1. The van der Waals surface area contributed by atoms with E-state index in [1.807, 2.05) is 6.92 Å². The Kier molecular flexibility index (Phi) is 9.72. The highest BCUT2D eigenvalue weighted by Crippen LogP contribution is 2.28. The van der Waals surface area contributed by atoms with Crippen LogP contribution in [-0.2, 0) is 14.3 Å². The standard InChI is InChI=1S/C26H34F2N6O3/c1-2-36-10-11-37-9-4-3-8-23(35)32-18-6-5-7-19(13-18)33-26-22(28)16-31-25(34-26)21-15-30-24-20(21)12-17(27)14-29-24/h12,14-16,18-19H,2-11,13H2,1H3,(H,29,30)(H,32,35)(H,31,33,34)/t18-,19+/m1/s1. The number of ether oxygens (including phenoxy) is 2. The smallest absolute Gasteiger partial charge is 0.220 e. The van der Waals surface area contributed by atoms with E-state index in [1.165, 1.54) is 6.07 Å². The molecule has 0 saturated heterocycles. The third-order valence-electron chi connectivity index (χ3n) is 6.38. The van der Waals surface area contributed by atoms with Crippen LogP contribution in [0, 0.1) is 11.6 Å². The van der Waals surface area contributed by atoms with Gasteiger partial charge in [-0.25, -0.2) is 23.7 Å². The predicted octanol–water partition coefficient (Wildman–Crippen LogP) is 4.36. The van der Waals surface area contributed by atoms with Crippen LogP contribution in [0.15, 0.2) is 24.7 Å². The van der Waals surface area contributed by atoms with Crippen molar-refractivity contribution < 1.29 is 23.0 Å². The average Bonchev–Trinajstić information content (AvgIpc) is 3.30. The largest absolute Gasteiger partial charge is 0.379 e. The number of carbonyl (C=O) groups excluding carboxylic acids is 1. The summed E-state index contributed by atoms with van der Waals surface area (Å²) in [6.45, 7) is 4.41. The number of nitrogens with zero attached hydrogens (tertiary/aromatic N) is 3. The molecule has 3 aromatic rings. The van der Waals surface area contributed by atoms with Crippen molar-refractivity contribution in [3.8, 4) is 11.4 Å². The van der Waals surface area contributed by atoms with E-state index in [9.17, 15) is 13.6 Å². The zero-order valence-corrected chi connectivity index (χ0v) is 21.1. The van der Waals surface area contributed by atoms with E-state index in [2.05, 4.69) is 30.6 Å². The fraction of sp³-hybridized carbons (Fsp3) is 0.538. The third-order valence-corrected chi connectivity index (χ3v) is 6.38. The lowest BCUT2D eigenvalue weighted by atomic mass is 9.90. The number of rotatable bonds is 13. The SMILES string of the molecule is CCOCCOCCCCC(=O)N[C@@H]1CCC[C@H](Nc2nc(-c3c[nH]c4ncc(F)cc34)ncc2F)C1. The topological polar surface area (TPSA) is 114 Å². The third kappa shape index (κ3) is 7.65. The maximum Gasteiger partial charge on any atom is 0.220 e. The molecular weight excluding hydrogens is 482 g/mol. The van der Waals surface area contributed by atoms with Crippen molar-refractivity contribution >= 4 is 22.8 Å². The van der Waals surface area contributed by atoms with Crippen LogP contribution < -0.4 is 10.6 Å². The van der Waals surface area contributed by atoms with Crippen LogP contribution in [0.3, 0.4) is 0 Å². The van der Waals surface area contributed by atoms with Gasteiger partial charge in [0, 0.05) is 48.9 Å². The fourth-order valence-corrected chi connectivity index (χ4v) is 4.56. The normalized spacial score (nSPS) is 17.7. The van der Waals surface area contributed by atoms with E-state index < -0.39 is 11.6 Å². The van der Waals surface area contributed by atoms with E-state index in [-0.39, 0.29) is 29.6 Å². The molecule has 1 amide bonds. The summed E-state index contributed by atoms with van der Waals surface area (Å²) in [6.07, 6.45) is 9.21. The Hall–Kier alpha value is -3.18. The van der Waals surface area contributed by atoms with Gasteiger partial charge in [0.05, 0.1) is 25.6 Å². The molecule has 1 saturated carbocycles. The zero-order chi connectivity index (χ0) is 26.0. The predicted molar refractivity (Wildman–Crippen MR) is 136 cm³/mol. The Morgan fingerprint density at radius 2 is 1.95 bits per heavy atom. The molecule has 4 rings (SSSR count). The molecule has 11 heteroatoms. The molecule has 1 aliphatic carbocycles. The van der Waals surface area contributed by atoms with Crippen molar-refractivity contribution in [2.45, 2.75) is 64.0 Å². The second-order valence-corrected chi connectivity index (χ2v) is 9.18. The van der Waals surface area contributed by atoms with Gasteiger partial charge in [-0.3, -0.25) is 4.79 Å². The molecule has 0 aromatic carbocycles. The van der Waals surface area contributed by atoms with E-state index in [1.54, 1.807) is 6.20 Å². The van der Waals surface area contributed by atoms with E-state index >= 15 is 0 Å². The number of halogens is 2. The molecule has 200 valence electrons. The Labute approximate surface area is 214 Å². The highest BCUT2D eigenvalue weighted by Gasteiger charge is 2.25. The molecule has 9 nitrogen and oxygen atoms in total. The van der Waals surface area contributed by atoms with Gasteiger partial charge in [0.1, 0.15) is 11.5 Å². The highest BCUT2D eigenvalue weighted by atomic mass is 19.1. The molecule has 2 atom stereocenters. The quantitative estimate of drug-likeness (QED) is 0.289. The number of fused-ring (bicyclic) bond motifs is 1. The van der Waals surface area contributed by atoms with E-state index in [0.29, 0.717) is 55.9 Å². The minimum absolute atomic E-state index is 0.0215. The monoisotopic (exact) mass is 516 g/mol. The molecule has 0 aliphatic heterocycles. The molecule has 3 N–H and O–H groups in total. The van der Waals surface area contributed by atoms with Gasteiger partial charge in [0.25, 0.3) is 0 Å². The molecule has 0 bridgehead atoms. The van der Waals surface area contributed by atoms with Crippen LogP contribution >= 0.6 is 0 Å². The van der Waals surface area contributed by atoms with Crippen molar-refractivity contribution in [3.63, 3.8) is 0 Å². The summed E-state index contributed by atoms with van der Waals surface area (Å²) >= 11 is 0. The first kappa shape index (κ1) is 26.9. The van der Waals surface area contributed by atoms with Gasteiger partial charge in [-0.05, 0) is 51.5 Å². The molecule has 1 aliphatic rings. The number of aromatic nitrogens is 4. The first-order valence-corrected chi connectivity index (χ1v) is 12.9. The van der Waals surface area contributed by atoms with Crippen LogP contribution in [0.4, 0.5) is 14.6 Å². The number of carbonyl (C=O) groups is 1. The van der Waals surface area contributed by atoms with Gasteiger partial charge in [-0.1, -0.05) is 0 Å². The molecule has 0 unspecified atom stereocenters. The molecule has 37 heavy (non-hydrogen) atoms. The van der Waals surface area contributed by atoms with Gasteiger partial charge in [0.2, 0.25) is 5.91 Å².